The number of benzene rings is 1. The van der Waals surface area contributed by atoms with E-state index >= 15 is 0 Å². The van der Waals surface area contributed by atoms with Gasteiger partial charge in [-0.3, -0.25) is 4.57 Å². The lowest BCUT2D eigenvalue weighted by molar-refractivity contribution is 0.237. The molecule has 0 fully saturated rings. The van der Waals surface area contributed by atoms with Gasteiger partial charge in [0.2, 0.25) is 0 Å². The SMILES string of the molecule is CCCCC(CC)NC(=O)n1ccc(-c2cccc(C)c2)c1. The zero-order valence-corrected chi connectivity index (χ0v) is 13.8. The van der Waals surface area contributed by atoms with Crippen molar-refractivity contribution in [2.75, 3.05) is 0 Å². The fraction of sp³-hybridized carbons (Fsp3) is 0.421. The lowest BCUT2D eigenvalue weighted by Crippen LogP contribution is -2.36. The van der Waals surface area contributed by atoms with Crippen molar-refractivity contribution in [1.29, 1.82) is 0 Å². The molecule has 3 heteroatoms. The number of rotatable bonds is 6. The minimum absolute atomic E-state index is 0.0399. The molecule has 2 aromatic rings. The molecule has 1 unspecified atom stereocenters. The number of nitrogens with one attached hydrogen (secondary N) is 1. The third-order valence-electron chi connectivity index (χ3n) is 4.01. The van der Waals surface area contributed by atoms with Crippen LogP contribution < -0.4 is 5.32 Å². The van der Waals surface area contributed by atoms with Crippen molar-refractivity contribution < 1.29 is 4.79 Å². The van der Waals surface area contributed by atoms with Crippen molar-refractivity contribution in [3.63, 3.8) is 0 Å². The van der Waals surface area contributed by atoms with Crippen LogP contribution in [0.4, 0.5) is 4.79 Å². The highest BCUT2D eigenvalue weighted by atomic mass is 16.2. The Labute approximate surface area is 133 Å². The summed E-state index contributed by atoms with van der Waals surface area (Å²) in [5.74, 6) is 0. The Morgan fingerprint density at radius 3 is 2.73 bits per heavy atom. The number of carbonyl (C=O) groups excluding carboxylic acids is 1. The van der Waals surface area contributed by atoms with Gasteiger partial charge in [0.15, 0.2) is 0 Å². The average molecular weight is 298 g/mol. The third-order valence-corrected chi connectivity index (χ3v) is 4.01. The molecule has 0 saturated heterocycles. The van der Waals surface area contributed by atoms with Gasteiger partial charge in [-0.15, -0.1) is 0 Å². The summed E-state index contributed by atoms with van der Waals surface area (Å²) in [6.07, 6.45) is 8.06. The molecule has 0 spiro atoms. The van der Waals surface area contributed by atoms with Crippen LogP contribution in [0.2, 0.25) is 0 Å². The smallest absolute Gasteiger partial charge is 0.325 e. The van der Waals surface area contributed by atoms with Crippen molar-refractivity contribution in [2.45, 2.75) is 52.5 Å². The van der Waals surface area contributed by atoms with Crippen LogP contribution >= 0.6 is 0 Å². The number of carbonyl (C=O) groups is 1. The summed E-state index contributed by atoms with van der Waals surface area (Å²) in [6, 6.07) is 10.5. The van der Waals surface area contributed by atoms with Crippen LogP contribution in [0.15, 0.2) is 42.7 Å². The Bertz CT molecular complexity index is 615. The molecule has 1 amide bonds. The van der Waals surface area contributed by atoms with Gasteiger partial charge >= 0.3 is 6.03 Å². The maximum Gasteiger partial charge on any atom is 0.325 e. The van der Waals surface area contributed by atoms with Crippen LogP contribution in [0.3, 0.4) is 0 Å². The Balaban J connectivity index is 2.05. The summed E-state index contributed by atoms with van der Waals surface area (Å²) < 4.78 is 1.65. The zero-order valence-electron chi connectivity index (χ0n) is 13.8. The van der Waals surface area contributed by atoms with Gasteiger partial charge in [-0.1, -0.05) is 56.5 Å². The third kappa shape index (κ3) is 4.23. The van der Waals surface area contributed by atoms with Gasteiger partial charge in [0.1, 0.15) is 0 Å². The van der Waals surface area contributed by atoms with Crippen molar-refractivity contribution in [3.8, 4) is 11.1 Å². The Kier molecular flexibility index (Phi) is 5.82. The van der Waals surface area contributed by atoms with Crippen LogP contribution in [0.25, 0.3) is 11.1 Å². The predicted octanol–water partition coefficient (Wildman–Crippen LogP) is 4.99. The largest absolute Gasteiger partial charge is 0.335 e. The normalized spacial score (nSPS) is 12.1. The molecule has 3 nitrogen and oxygen atoms in total. The predicted molar refractivity (Wildman–Crippen MR) is 92.1 cm³/mol. The van der Waals surface area contributed by atoms with E-state index in [0.29, 0.717) is 0 Å². The van der Waals surface area contributed by atoms with Gasteiger partial charge < -0.3 is 5.32 Å². The molecule has 0 saturated carbocycles. The first kappa shape index (κ1) is 16.3. The van der Waals surface area contributed by atoms with Gasteiger partial charge in [0.05, 0.1) is 0 Å². The van der Waals surface area contributed by atoms with Crippen molar-refractivity contribution >= 4 is 6.03 Å². The quantitative estimate of drug-likeness (QED) is 0.801. The van der Waals surface area contributed by atoms with E-state index in [1.807, 2.05) is 24.5 Å². The van der Waals surface area contributed by atoms with E-state index in [0.717, 1.165) is 36.8 Å². The second kappa shape index (κ2) is 7.83. The van der Waals surface area contributed by atoms with E-state index in [1.54, 1.807) is 4.57 Å². The van der Waals surface area contributed by atoms with Crippen molar-refractivity contribution in [3.05, 3.63) is 48.3 Å². The summed E-state index contributed by atoms with van der Waals surface area (Å²) in [5, 5.41) is 3.12. The average Bonchev–Trinajstić information content (AvgIpc) is 3.01. The highest BCUT2D eigenvalue weighted by molar-refractivity contribution is 5.79. The number of amides is 1. The fourth-order valence-corrected chi connectivity index (χ4v) is 2.60. The molecule has 0 aliphatic heterocycles. The molecule has 0 aliphatic carbocycles. The zero-order chi connectivity index (χ0) is 15.9. The molecule has 1 aromatic carbocycles. The van der Waals surface area contributed by atoms with E-state index in [1.165, 1.54) is 5.56 Å². The lowest BCUT2D eigenvalue weighted by Gasteiger charge is -2.16. The fourth-order valence-electron chi connectivity index (χ4n) is 2.60. The molecular weight excluding hydrogens is 272 g/mol. The number of nitrogens with zero attached hydrogens (tertiary/aromatic N) is 1. The summed E-state index contributed by atoms with van der Waals surface area (Å²) in [7, 11) is 0. The Hall–Kier alpha value is -2.03. The highest BCUT2D eigenvalue weighted by Gasteiger charge is 2.12. The minimum atomic E-state index is -0.0399. The molecule has 1 N–H and O–H groups in total. The van der Waals surface area contributed by atoms with Crippen molar-refractivity contribution in [2.24, 2.45) is 0 Å². The summed E-state index contributed by atoms with van der Waals surface area (Å²) in [4.78, 5) is 12.3. The maximum atomic E-state index is 12.3. The first-order valence-corrected chi connectivity index (χ1v) is 8.20. The monoisotopic (exact) mass is 298 g/mol. The molecule has 0 radical (unpaired) electrons. The van der Waals surface area contributed by atoms with E-state index in [4.69, 9.17) is 0 Å². The molecule has 0 aliphatic rings. The van der Waals surface area contributed by atoms with Gasteiger partial charge in [0, 0.05) is 18.4 Å². The van der Waals surface area contributed by atoms with Crippen LogP contribution in [0, 0.1) is 6.92 Å². The van der Waals surface area contributed by atoms with Gasteiger partial charge in [-0.25, -0.2) is 4.79 Å². The maximum absolute atomic E-state index is 12.3. The second-order valence-corrected chi connectivity index (χ2v) is 5.87. The van der Waals surface area contributed by atoms with E-state index < -0.39 is 0 Å². The minimum Gasteiger partial charge on any atom is -0.335 e. The number of hydrogen-bond acceptors (Lipinski definition) is 1. The van der Waals surface area contributed by atoms with E-state index in [-0.39, 0.29) is 12.1 Å². The Morgan fingerprint density at radius 1 is 1.23 bits per heavy atom. The summed E-state index contributed by atoms with van der Waals surface area (Å²) >= 11 is 0. The van der Waals surface area contributed by atoms with Crippen LogP contribution in [-0.4, -0.2) is 16.6 Å². The highest BCUT2D eigenvalue weighted by Crippen LogP contribution is 2.20. The summed E-state index contributed by atoms with van der Waals surface area (Å²) in [6.45, 7) is 6.37. The molecular formula is C19H26N2O. The van der Waals surface area contributed by atoms with E-state index in [2.05, 4.69) is 44.3 Å². The number of unbranched alkanes of at least 4 members (excludes halogenated alkanes) is 1. The lowest BCUT2D eigenvalue weighted by atomic mass is 10.1. The Morgan fingerprint density at radius 2 is 2.05 bits per heavy atom. The van der Waals surface area contributed by atoms with Gasteiger partial charge in [-0.05, 0) is 37.0 Å². The van der Waals surface area contributed by atoms with E-state index in [9.17, 15) is 4.79 Å². The molecule has 1 heterocycles. The topological polar surface area (TPSA) is 34.0 Å². The van der Waals surface area contributed by atoms with Crippen LogP contribution in [0.5, 0.6) is 0 Å². The number of hydrogen-bond donors (Lipinski definition) is 1. The molecule has 0 bridgehead atoms. The van der Waals surface area contributed by atoms with Crippen LogP contribution in [0.1, 0.15) is 45.1 Å². The second-order valence-electron chi connectivity index (χ2n) is 5.87. The molecule has 118 valence electrons. The molecule has 1 atom stereocenters. The van der Waals surface area contributed by atoms with Gasteiger partial charge in [-0.2, -0.15) is 0 Å². The van der Waals surface area contributed by atoms with Crippen LogP contribution in [-0.2, 0) is 0 Å². The first-order chi connectivity index (χ1) is 10.6. The molecule has 1 aromatic heterocycles. The molecule has 2 rings (SSSR count). The van der Waals surface area contributed by atoms with Crippen molar-refractivity contribution in [1.82, 2.24) is 9.88 Å². The number of aromatic nitrogens is 1. The first-order valence-electron chi connectivity index (χ1n) is 8.20. The summed E-state index contributed by atoms with van der Waals surface area (Å²) in [5.41, 5.74) is 3.44. The molecule has 22 heavy (non-hydrogen) atoms. The van der Waals surface area contributed by atoms with Gasteiger partial charge in [0.25, 0.3) is 0 Å². The standard InChI is InChI=1S/C19H26N2O/c1-4-6-10-18(5-2)20-19(22)21-12-11-17(14-21)16-9-7-8-15(3)13-16/h7-9,11-14,18H,4-6,10H2,1-3H3,(H,20,22). The number of aryl methyl sites for hydroxylation is 1.